The molecule has 0 aliphatic carbocycles. The normalized spacial score (nSPS) is 22.2. The summed E-state index contributed by atoms with van der Waals surface area (Å²) >= 11 is 12.5. The van der Waals surface area contributed by atoms with E-state index < -0.39 is 0 Å². The predicted molar refractivity (Wildman–Crippen MR) is 70.2 cm³/mol. The average molecular weight is 275 g/mol. The molecule has 1 aliphatic heterocycles. The maximum Gasteiger partial charge on any atom is 0.137 e. The maximum absolute atomic E-state index is 6.43. The third-order valence-corrected chi connectivity index (χ3v) is 3.86. The summed E-state index contributed by atoms with van der Waals surface area (Å²) in [5.74, 6) is 0.670. The third-order valence-electron chi connectivity index (χ3n) is 3.04. The molecule has 1 heterocycles. The van der Waals surface area contributed by atoms with Gasteiger partial charge >= 0.3 is 0 Å². The van der Waals surface area contributed by atoms with E-state index in [4.69, 9.17) is 32.7 Å². The van der Waals surface area contributed by atoms with Gasteiger partial charge in [-0.1, -0.05) is 17.7 Å². The summed E-state index contributed by atoms with van der Waals surface area (Å²) < 4.78 is 10.8. The minimum atomic E-state index is -0.140. The molecule has 0 spiro atoms. The van der Waals surface area contributed by atoms with E-state index in [1.54, 1.807) is 7.11 Å². The standard InChI is InChI=1S/C13H16Cl2O2/c1-16-11-6-5-9(8-10(11)14)13(15)12-4-2-3-7-17-12/h5-6,8,12-13H,2-4,7H2,1H3. The van der Waals surface area contributed by atoms with Gasteiger partial charge in [-0.15, -0.1) is 11.6 Å². The number of hydrogen-bond acceptors (Lipinski definition) is 2. The molecule has 4 heteroatoms. The molecule has 2 atom stereocenters. The van der Waals surface area contributed by atoms with Gasteiger partial charge in [-0.25, -0.2) is 0 Å². The quantitative estimate of drug-likeness (QED) is 0.770. The molecule has 94 valence electrons. The Balaban J connectivity index is 2.12. The van der Waals surface area contributed by atoms with Crippen molar-refractivity contribution in [2.45, 2.75) is 30.7 Å². The van der Waals surface area contributed by atoms with Crippen LogP contribution in [0.15, 0.2) is 18.2 Å². The van der Waals surface area contributed by atoms with E-state index in [1.165, 1.54) is 6.42 Å². The molecular formula is C13H16Cl2O2. The molecule has 0 radical (unpaired) electrons. The SMILES string of the molecule is COc1ccc(C(Cl)C2CCCCO2)cc1Cl. The van der Waals surface area contributed by atoms with E-state index in [2.05, 4.69) is 0 Å². The zero-order chi connectivity index (χ0) is 12.3. The lowest BCUT2D eigenvalue weighted by molar-refractivity contribution is 0.0136. The van der Waals surface area contributed by atoms with Crippen LogP contribution in [-0.2, 0) is 4.74 Å². The molecule has 1 aromatic rings. The lowest BCUT2D eigenvalue weighted by Gasteiger charge is -2.27. The Hall–Kier alpha value is -0.440. The number of halogens is 2. The number of rotatable bonds is 3. The molecule has 1 aliphatic rings. The minimum absolute atomic E-state index is 0.0925. The third kappa shape index (κ3) is 3.06. The van der Waals surface area contributed by atoms with Crippen LogP contribution in [-0.4, -0.2) is 19.8 Å². The Morgan fingerprint density at radius 3 is 2.82 bits per heavy atom. The first-order chi connectivity index (χ1) is 8.22. The zero-order valence-electron chi connectivity index (χ0n) is 9.79. The minimum Gasteiger partial charge on any atom is -0.495 e. The lowest BCUT2D eigenvalue weighted by Crippen LogP contribution is -2.23. The molecule has 2 unspecified atom stereocenters. The summed E-state index contributed by atoms with van der Waals surface area (Å²) in [6.07, 6.45) is 3.41. The van der Waals surface area contributed by atoms with Crippen molar-refractivity contribution in [2.75, 3.05) is 13.7 Å². The van der Waals surface area contributed by atoms with Gasteiger partial charge in [0.25, 0.3) is 0 Å². The number of benzene rings is 1. The van der Waals surface area contributed by atoms with E-state index in [1.807, 2.05) is 18.2 Å². The molecule has 0 aromatic heterocycles. The van der Waals surface area contributed by atoms with Gasteiger partial charge in [0.1, 0.15) is 5.75 Å². The van der Waals surface area contributed by atoms with Crippen LogP contribution < -0.4 is 4.74 Å². The van der Waals surface area contributed by atoms with Crippen LogP contribution in [0.1, 0.15) is 30.2 Å². The highest BCUT2D eigenvalue weighted by Crippen LogP contribution is 2.35. The van der Waals surface area contributed by atoms with Gasteiger partial charge in [-0.05, 0) is 37.0 Å². The van der Waals surface area contributed by atoms with Crippen LogP contribution in [0.4, 0.5) is 0 Å². The fraction of sp³-hybridized carbons (Fsp3) is 0.538. The Bertz CT molecular complexity index is 376. The van der Waals surface area contributed by atoms with Gasteiger partial charge in [-0.3, -0.25) is 0 Å². The van der Waals surface area contributed by atoms with E-state index in [0.29, 0.717) is 10.8 Å². The molecule has 2 nitrogen and oxygen atoms in total. The molecule has 1 fully saturated rings. The van der Waals surface area contributed by atoms with Gasteiger partial charge < -0.3 is 9.47 Å². The first kappa shape index (κ1) is 13.0. The second-order valence-corrected chi connectivity index (χ2v) is 5.08. The summed E-state index contributed by atoms with van der Waals surface area (Å²) in [5.41, 5.74) is 0.990. The van der Waals surface area contributed by atoms with Crippen LogP contribution >= 0.6 is 23.2 Å². The van der Waals surface area contributed by atoms with Crippen molar-refractivity contribution in [3.05, 3.63) is 28.8 Å². The van der Waals surface area contributed by atoms with Crippen LogP contribution in [0, 0.1) is 0 Å². The molecule has 0 amide bonds. The van der Waals surface area contributed by atoms with E-state index in [0.717, 1.165) is 25.0 Å². The van der Waals surface area contributed by atoms with Crippen molar-refractivity contribution >= 4 is 23.2 Å². The fourth-order valence-corrected chi connectivity index (χ4v) is 2.67. The van der Waals surface area contributed by atoms with E-state index in [-0.39, 0.29) is 11.5 Å². The van der Waals surface area contributed by atoms with Crippen molar-refractivity contribution in [3.8, 4) is 5.75 Å². The monoisotopic (exact) mass is 274 g/mol. The Morgan fingerprint density at radius 1 is 1.41 bits per heavy atom. The lowest BCUT2D eigenvalue weighted by atomic mass is 10.0. The van der Waals surface area contributed by atoms with Gasteiger partial charge in [0, 0.05) is 6.61 Å². The van der Waals surface area contributed by atoms with Crippen LogP contribution in [0.3, 0.4) is 0 Å². The van der Waals surface area contributed by atoms with Crippen LogP contribution in [0.5, 0.6) is 5.75 Å². The fourth-order valence-electron chi connectivity index (χ4n) is 2.07. The smallest absolute Gasteiger partial charge is 0.137 e. The Morgan fingerprint density at radius 2 is 2.24 bits per heavy atom. The van der Waals surface area contributed by atoms with Crippen LogP contribution in [0.2, 0.25) is 5.02 Å². The molecule has 0 saturated carbocycles. The highest BCUT2D eigenvalue weighted by molar-refractivity contribution is 6.32. The summed E-state index contributed by atoms with van der Waals surface area (Å²) in [6, 6.07) is 5.65. The van der Waals surface area contributed by atoms with Crippen molar-refractivity contribution in [1.82, 2.24) is 0 Å². The van der Waals surface area contributed by atoms with Crippen molar-refractivity contribution < 1.29 is 9.47 Å². The van der Waals surface area contributed by atoms with Crippen molar-refractivity contribution in [2.24, 2.45) is 0 Å². The van der Waals surface area contributed by atoms with Crippen molar-refractivity contribution in [3.63, 3.8) is 0 Å². The topological polar surface area (TPSA) is 18.5 Å². The van der Waals surface area contributed by atoms with E-state index >= 15 is 0 Å². The number of alkyl halides is 1. The number of hydrogen-bond donors (Lipinski definition) is 0. The predicted octanol–water partition coefficient (Wildman–Crippen LogP) is 4.20. The zero-order valence-corrected chi connectivity index (χ0v) is 11.3. The second kappa shape index (κ2) is 5.94. The summed E-state index contributed by atoms with van der Waals surface area (Å²) in [4.78, 5) is 0. The van der Waals surface area contributed by atoms with Gasteiger partial charge in [0.05, 0.1) is 23.6 Å². The van der Waals surface area contributed by atoms with Gasteiger partial charge in [0.2, 0.25) is 0 Å². The number of methoxy groups -OCH3 is 1. The molecule has 17 heavy (non-hydrogen) atoms. The maximum atomic E-state index is 6.43. The summed E-state index contributed by atoms with van der Waals surface area (Å²) in [5, 5.41) is 0.449. The second-order valence-electron chi connectivity index (χ2n) is 4.20. The highest BCUT2D eigenvalue weighted by Gasteiger charge is 2.24. The Kier molecular flexibility index (Phi) is 4.55. The summed E-state index contributed by atoms with van der Waals surface area (Å²) in [7, 11) is 1.60. The first-order valence-electron chi connectivity index (χ1n) is 5.81. The number of ether oxygens (including phenoxy) is 2. The average Bonchev–Trinajstić information content (AvgIpc) is 2.39. The largest absolute Gasteiger partial charge is 0.495 e. The molecule has 1 saturated heterocycles. The molecule has 1 aromatic carbocycles. The van der Waals surface area contributed by atoms with Crippen molar-refractivity contribution in [1.29, 1.82) is 0 Å². The molecule has 0 N–H and O–H groups in total. The van der Waals surface area contributed by atoms with Gasteiger partial charge in [0.15, 0.2) is 0 Å². The molecule has 2 rings (SSSR count). The highest BCUT2D eigenvalue weighted by atomic mass is 35.5. The Labute approximate surface area is 112 Å². The first-order valence-corrected chi connectivity index (χ1v) is 6.63. The molecular weight excluding hydrogens is 259 g/mol. The summed E-state index contributed by atoms with van der Waals surface area (Å²) in [6.45, 7) is 0.803. The molecule has 0 bridgehead atoms. The van der Waals surface area contributed by atoms with E-state index in [9.17, 15) is 0 Å². The van der Waals surface area contributed by atoms with Crippen LogP contribution in [0.25, 0.3) is 0 Å². The van der Waals surface area contributed by atoms with Gasteiger partial charge in [-0.2, -0.15) is 0 Å².